The van der Waals surface area contributed by atoms with Crippen molar-refractivity contribution in [2.75, 3.05) is 38.2 Å². The summed E-state index contributed by atoms with van der Waals surface area (Å²) < 4.78 is 5.39. The molecule has 0 saturated carbocycles. The van der Waals surface area contributed by atoms with Crippen molar-refractivity contribution < 1.29 is 9.53 Å². The molecule has 0 aliphatic carbocycles. The Morgan fingerprint density at radius 2 is 1.93 bits per heavy atom. The van der Waals surface area contributed by atoms with Gasteiger partial charge in [-0.05, 0) is 43.0 Å². The van der Waals surface area contributed by atoms with Gasteiger partial charge >= 0.3 is 0 Å². The number of methoxy groups -OCH3 is 1. The second-order valence-corrected chi connectivity index (χ2v) is 6.61. The van der Waals surface area contributed by atoms with Crippen molar-refractivity contribution in [2.24, 2.45) is 4.99 Å². The van der Waals surface area contributed by atoms with Gasteiger partial charge in [0.2, 0.25) is 5.91 Å². The van der Waals surface area contributed by atoms with Crippen molar-refractivity contribution in [1.29, 1.82) is 0 Å². The van der Waals surface area contributed by atoms with Crippen LogP contribution in [-0.4, -0.2) is 45.2 Å². The maximum Gasteiger partial charge on any atom is 0.248 e. The minimum atomic E-state index is 0.0203. The second kappa shape index (κ2) is 9.78. The van der Waals surface area contributed by atoms with Gasteiger partial charge in [0.1, 0.15) is 12.3 Å². The van der Waals surface area contributed by atoms with Crippen molar-refractivity contribution >= 4 is 17.6 Å². The molecule has 0 spiro atoms. The average Bonchev–Trinajstić information content (AvgIpc) is 3.16. The smallest absolute Gasteiger partial charge is 0.248 e. The number of nitrogens with one attached hydrogen (secondary N) is 2. The van der Waals surface area contributed by atoms with Gasteiger partial charge < -0.3 is 20.3 Å². The van der Waals surface area contributed by atoms with Crippen LogP contribution in [0.1, 0.15) is 18.1 Å². The van der Waals surface area contributed by atoms with Crippen molar-refractivity contribution in [2.45, 2.75) is 19.8 Å². The fourth-order valence-corrected chi connectivity index (χ4v) is 3.40. The van der Waals surface area contributed by atoms with E-state index in [4.69, 9.17) is 4.74 Å². The van der Waals surface area contributed by atoms with Crippen LogP contribution in [0.2, 0.25) is 0 Å². The molecule has 1 aliphatic rings. The van der Waals surface area contributed by atoms with Gasteiger partial charge in [0, 0.05) is 25.3 Å². The summed E-state index contributed by atoms with van der Waals surface area (Å²) in [5.74, 6) is 1.55. The molecule has 2 N–H and O–H groups in total. The van der Waals surface area contributed by atoms with E-state index in [9.17, 15) is 4.79 Å². The lowest BCUT2D eigenvalue weighted by Crippen LogP contribution is -2.40. The van der Waals surface area contributed by atoms with Crippen LogP contribution in [0.3, 0.4) is 0 Å². The second-order valence-electron chi connectivity index (χ2n) is 6.61. The SMILES string of the molecule is CCNC(=NCC(=O)N1CCc2ccccc21)NCCc1ccccc1OC. The standard InChI is InChI=1S/C22H28N4O2/c1-3-23-22(24-14-12-18-9-5-7-11-20(18)28-2)25-16-21(27)26-15-13-17-8-4-6-10-19(17)26/h4-11H,3,12-16H2,1-2H3,(H2,23,24,25). The summed E-state index contributed by atoms with van der Waals surface area (Å²) in [5, 5.41) is 6.50. The summed E-state index contributed by atoms with van der Waals surface area (Å²) in [6.07, 6.45) is 1.71. The van der Waals surface area contributed by atoms with Crippen LogP contribution in [0.5, 0.6) is 5.75 Å². The zero-order valence-electron chi connectivity index (χ0n) is 16.6. The van der Waals surface area contributed by atoms with Crippen LogP contribution in [0.25, 0.3) is 0 Å². The molecule has 0 atom stereocenters. The molecule has 2 aromatic rings. The van der Waals surface area contributed by atoms with E-state index >= 15 is 0 Å². The Morgan fingerprint density at radius 1 is 1.14 bits per heavy atom. The molecule has 0 aromatic heterocycles. The lowest BCUT2D eigenvalue weighted by molar-refractivity contribution is -0.117. The Kier molecular flexibility index (Phi) is 6.89. The summed E-state index contributed by atoms with van der Waals surface area (Å²) in [6.45, 7) is 4.30. The number of hydrogen-bond acceptors (Lipinski definition) is 3. The predicted octanol–water partition coefficient (Wildman–Crippen LogP) is 2.38. The normalized spacial score (nSPS) is 13.2. The number of nitrogens with zero attached hydrogens (tertiary/aromatic N) is 2. The number of hydrogen-bond donors (Lipinski definition) is 2. The van der Waals surface area contributed by atoms with E-state index in [1.54, 1.807) is 7.11 Å². The molecule has 28 heavy (non-hydrogen) atoms. The number of rotatable bonds is 7. The van der Waals surface area contributed by atoms with Crippen LogP contribution >= 0.6 is 0 Å². The van der Waals surface area contributed by atoms with Gasteiger partial charge in [-0.2, -0.15) is 0 Å². The van der Waals surface area contributed by atoms with Crippen molar-refractivity contribution in [3.05, 3.63) is 59.7 Å². The number of fused-ring (bicyclic) bond motifs is 1. The Bertz CT molecular complexity index is 835. The number of ether oxygens (including phenoxy) is 1. The molecular formula is C22H28N4O2. The number of amides is 1. The first-order valence-corrected chi connectivity index (χ1v) is 9.75. The lowest BCUT2D eigenvalue weighted by Gasteiger charge is -2.17. The first kappa shape index (κ1) is 19.7. The monoisotopic (exact) mass is 380 g/mol. The summed E-state index contributed by atoms with van der Waals surface area (Å²) >= 11 is 0. The number of guanidine groups is 1. The minimum Gasteiger partial charge on any atom is -0.496 e. The fourth-order valence-electron chi connectivity index (χ4n) is 3.40. The fraction of sp³-hybridized carbons (Fsp3) is 0.364. The molecule has 1 heterocycles. The summed E-state index contributed by atoms with van der Waals surface area (Å²) in [6, 6.07) is 16.0. The highest BCUT2D eigenvalue weighted by Gasteiger charge is 2.23. The van der Waals surface area contributed by atoms with E-state index in [0.717, 1.165) is 42.9 Å². The molecule has 0 unspecified atom stereocenters. The quantitative estimate of drug-likeness (QED) is 0.572. The van der Waals surface area contributed by atoms with Gasteiger partial charge in [0.25, 0.3) is 0 Å². The van der Waals surface area contributed by atoms with Crippen molar-refractivity contribution in [1.82, 2.24) is 10.6 Å². The zero-order valence-corrected chi connectivity index (χ0v) is 16.6. The maximum atomic E-state index is 12.6. The van der Waals surface area contributed by atoms with Crippen LogP contribution in [0.4, 0.5) is 5.69 Å². The third-order valence-electron chi connectivity index (χ3n) is 4.78. The van der Waals surface area contributed by atoms with Gasteiger partial charge in [0.15, 0.2) is 5.96 Å². The molecule has 0 radical (unpaired) electrons. The number of aliphatic imine (C=N–C) groups is 1. The van der Waals surface area contributed by atoms with Crippen LogP contribution in [-0.2, 0) is 17.6 Å². The molecule has 1 aliphatic heterocycles. The first-order chi connectivity index (χ1) is 13.7. The summed E-state index contributed by atoms with van der Waals surface area (Å²) in [7, 11) is 1.68. The van der Waals surface area contributed by atoms with E-state index in [1.807, 2.05) is 48.2 Å². The van der Waals surface area contributed by atoms with Gasteiger partial charge in [0.05, 0.1) is 7.11 Å². The number of carbonyl (C=O) groups is 1. The molecule has 148 valence electrons. The molecule has 0 saturated heterocycles. The maximum absolute atomic E-state index is 12.6. The Balaban J connectivity index is 1.56. The average molecular weight is 380 g/mol. The number of para-hydroxylation sites is 2. The topological polar surface area (TPSA) is 66.0 Å². The Hall–Kier alpha value is -3.02. The molecule has 6 heteroatoms. The molecule has 3 rings (SSSR count). The highest BCUT2D eigenvalue weighted by atomic mass is 16.5. The van der Waals surface area contributed by atoms with E-state index in [2.05, 4.69) is 27.8 Å². The molecule has 6 nitrogen and oxygen atoms in total. The van der Waals surface area contributed by atoms with Gasteiger partial charge in [-0.25, -0.2) is 4.99 Å². The molecule has 0 bridgehead atoms. The van der Waals surface area contributed by atoms with Gasteiger partial charge in [-0.3, -0.25) is 4.79 Å². The van der Waals surface area contributed by atoms with E-state index in [0.29, 0.717) is 12.5 Å². The summed E-state index contributed by atoms with van der Waals surface area (Å²) in [4.78, 5) is 18.9. The first-order valence-electron chi connectivity index (χ1n) is 9.75. The number of anilines is 1. The number of benzene rings is 2. The van der Waals surface area contributed by atoms with Gasteiger partial charge in [-0.1, -0.05) is 36.4 Å². The Morgan fingerprint density at radius 3 is 2.75 bits per heavy atom. The van der Waals surface area contributed by atoms with Crippen LogP contribution in [0, 0.1) is 0 Å². The van der Waals surface area contributed by atoms with E-state index in [-0.39, 0.29) is 12.5 Å². The van der Waals surface area contributed by atoms with E-state index < -0.39 is 0 Å². The molecule has 0 fully saturated rings. The van der Waals surface area contributed by atoms with E-state index in [1.165, 1.54) is 5.56 Å². The van der Waals surface area contributed by atoms with Crippen molar-refractivity contribution in [3.63, 3.8) is 0 Å². The Labute approximate surface area is 166 Å². The highest BCUT2D eigenvalue weighted by Crippen LogP contribution is 2.27. The molecule has 2 aromatic carbocycles. The third kappa shape index (κ3) is 4.82. The predicted molar refractivity (Wildman–Crippen MR) is 113 cm³/mol. The van der Waals surface area contributed by atoms with Crippen LogP contribution in [0.15, 0.2) is 53.5 Å². The molecular weight excluding hydrogens is 352 g/mol. The lowest BCUT2D eigenvalue weighted by atomic mass is 10.1. The highest BCUT2D eigenvalue weighted by molar-refractivity contribution is 5.98. The summed E-state index contributed by atoms with van der Waals surface area (Å²) in [5.41, 5.74) is 3.37. The largest absolute Gasteiger partial charge is 0.496 e. The zero-order chi connectivity index (χ0) is 19.8. The van der Waals surface area contributed by atoms with Gasteiger partial charge in [-0.15, -0.1) is 0 Å². The van der Waals surface area contributed by atoms with Crippen LogP contribution < -0.4 is 20.3 Å². The molecule has 1 amide bonds. The third-order valence-corrected chi connectivity index (χ3v) is 4.78. The minimum absolute atomic E-state index is 0.0203. The number of carbonyl (C=O) groups excluding carboxylic acids is 1. The van der Waals surface area contributed by atoms with Crippen molar-refractivity contribution in [3.8, 4) is 5.75 Å².